The number of aromatic amines is 1. The maximum Gasteiger partial charge on any atom is 0.162 e. The summed E-state index contributed by atoms with van der Waals surface area (Å²) >= 11 is 0. The van der Waals surface area contributed by atoms with Crippen LogP contribution in [0.4, 0.5) is 8.78 Å². The molecule has 0 fully saturated rings. The third-order valence-corrected chi connectivity index (χ3v) is 2.51. The van der Waals surface area contributed by atoms with Crippen molar-refractivity contribution in [2.75, 3.05) is 0 Å². The number of halogens is 2. The summed E-state index contributed by atoms with van der Waals surface area (Å²) in [5, 5.41) is 0. The molecular weight excluding hydrogens is 226 g/mol. The van der Waals surface area contributed by atoms with Crippen LogP contribution in [0.2, 0.25) is 0 Å². The number of hydrogen-bond acceptors (Lipinski definition) is 3. The van der Waals surface area contributed by atoms with Crippen LogP contribution in [-0.2, 0) is 6.42 Å². The van der Waals surface area contributed by atoms with Gasteiger partial charge in [-0.25, -0.2) is 19.2 Å². The van der Waals surface area contributed by atoms with Gasteiger partial charge in [-0.1, -0.05) is 12.1 Å². The number of nitrogens with two attached hydrogens (primary N) is 1. The molecule has 0 bridgehead atoms. The smallest absolute Gasteiger partial charge is 0.162 e. The first-order chi connectivity index (χ1) is 8.22. The summed E-state index contributed by atoms with van der Waals surface area (Å²) < 4.78 is 26.5. The molecule has 6 heteroatoms. The largest absolute Gasteiger partial charge is 0.347 e. The van der Waals surface area contributed by atoms with Crippen molar-refractivity contribution < 1.29 is 8.78 Å². The van der Waals surface area contributed by atoms with Gasteiger partial charge in [-0.05, 0) is 18.1 Å². The van der Waals surface area contributed by atoms with Crippen molar-refractivity contribution in [3.05, 3.63) is 53.6 Å². The Kier molecular flexibility index (Phi) is 3.46. The van der Waals surface area contributed by atoms with Gasteiger partial charge >= 0.3 is 0 Å². The summed E-state index contributed by atoms with van der Waals surface area (Å²) in [7, 11) is 0. The summed E-state index contributed by atoms with van der Waals surface area (Å²) in [5.74, 6) is 4.24. The van der Waals surface area contributed by atoms with Crippen molar-refractivity contribution in [1.29, 1.82) is 0 Å². The first-order valence-corrected chi connectivity index (χ1v) is 5.10. The number of nitrogens with zero attached hydrogens (tertiary/aromatic N) is 1. The molecule has 1 aromatic heterocycles. The predicted molar refractivity (Wildman–Crippen MR) is 58.7 cm³/mol. The molecule has 1 atom stereocenters. The first kappa shape index (κ1) is 11.7. The van der Waals surface area contributed by atoms with Crippen molar-refractivity contribution in [3.63, 3.8) is 0 Å². The molecule has 0 saturated heterocycles. The Morgan fingerprint density at radius 3 is 2.88 bits per heavy atom. The van der Waals surface area contributed by atoms with E-state index in [1.54, 1.807) is 12.4 Å². The normalized spacial score (nSPS) is 12.6. The van der Waals surface area contributed by atoms with E-state index in [1.807, 2.05) is 0 Å². The van der Waals surface area contributed by atoms with Crippen LogP contribution in [0.15, 0.2) is 30.6 Å². The van der Waals surface area contributed by atoms with Crippen molar-refractivity contribution in [1.82, 2.24) is 15.4 Å². The van der Waals surface area contributed by atoms with Crippen LogP contribution in [0.5, 0.6) is 0 Å². The van der Waals surface area contributed by atoms with Gasteiger partial charge in [0, 0.05) is 12.4 Å². The molecule has 1 aromatic carbocycles. The third-order valence-electron chi connectivity index (χ3n) is 2.51. The number of nitrogens with one attached hydrogen (secondary N) is 2. The minimum absolute atomic E-state index is 0.216. The molecule has 0 amide bonds. The number of aromatic nitrogens is 2. The Bertz CT molecular complexity index is 484. The van der Waals surface area contributed by atoms with E-state index in [2.05, 4.69) is 15.4 Å². The second-order valence-corrected chi connectivity index (χ2v) is 3.61. The van der Waals surface area contributed by atoms with E-state index in [4.69, 9.17) is 5.84 Å². The van der Waals surface area contributed by atoms with Crippen molar-refractivity contribution in [2.45, 2.75) is 12.5 Å². The van der Waals surface area contributed by atoms with Gasteiger partial charge in [0.05, 0.1) is 6.04 Å². The fraction of sp³-hybridized carbons (Fsp3) is 0.182. The molecule has 0 radical (unpaired) electrons. The average molecular weight is 238 g/mol. The van der Waals surface area contributed by atoms with Crippen LogP contribution in [0, 0.1) is 11.6 Å². The highest BCUT2D eigenvalue weighted by Gasteiger charge is 2.16. The fourth-order valence-electron chi connectivity index (χ4n) is 1.63. The van der Waals surface area contributed by atoms with E-state index in [-0.39, 0.29) is 18.0 Å². The van der Waals surface area contributed by atoms with Crippen molar-refractivity contribution >= 4 is 0 Å². The van der Waals surface area contributed by atoms with Crippen LogP contribution in [0.1, 0.15) is 17.4 Å². The van der Waals surface area contributed by atoms with Crippen LogP contribution in [-0.4, -0.2) is 9.97 Å². The molecular formula is C11H12F2N4. The van der Waals surface area contributed by atoms with Crippen molar-refractivity contribution in [2.24, 2.45) is 5.84 Å². The number of imidazole rings is 1. The SMILES string of the molecule is NNC(Cc1cccc(F)c1F)c1ncc[nH]1. The van der Waals surface area contributed by atoms with Gasteiger partial charge in [0.15, 0.2) is 11.6 Å². The molecule has 4 N–H and O–H groups in total. The molecule has 0 aliphatic heterocycles. The number of benzene rings is 1. The standard InChI is InChI=1S/C11H12F2N4/c12-8-3-1-2-7(10(8)13)6-9(17-14)11-15-4-5-16-11/h1-5,9,17H,6,14H2,(H,15,16). The molecule has 0 aliphatic carbocycles. The maximum absolute atomic E-state index is 13.5. The molecule has 2 rings (SSSR count). The van der Waals surface area contributed by atoms with E-state index in [9.17, 15) is 8.78 Å². The second kappa shape index (κ2) is 5.03. The summed E-state index contributed by atoms with van der Waals surface area (Å²) in [6.07, 6.45) is 3.43. The number of hydrogen-bond donors (Lipinski definition) is 3. The molecule has 17 heavy (non-hydrogen) atoms. The molecule has 90 valence electrons. The zero-order valence-corrected chi connectivity index (χ0v) is 8.95. The lowest BCUT2D eigenvalue weighted by atomic mass is 10.1. The minimum Gasteiger partial charge on any atom is -0.347 e. The minimum atomic E-state index is -0.863. The highest BCUT2D eigenvalue weighted by molar-refractivity contribution is 5.21. The Balaban J connectivity index is 2.22. The van der Waals surface area contributed by atoms with Gasteiger partial charge in [-0.2, -0.15) is 0 Å². The maximum atomic E-state index is 13.5. The Morgan fingerprint density at radius 1 is 1.41 bits per heavy atom. The Hall–Kier alpha value is -1.79. The highest BCUT2D eigenvalue weighted by Crippen LogP contribution is 2.18. The van der Waals surface area contributed by atoms with Crippen LogP contribution >= 0.6 is 0 Å². The Morgan fingerprint density at radius 2 is 2.24 bits per heavy atom. The number of hydrazine groups is 1. The van der Waals surface area contributed by atoms with E-state index in [1.165, 1.54) is 12.1 Å². The van der Waals surface area contributed by atoms with Gasteiger partial charge < -0.3 is 4.98 Å². The van der Waals surface area contributed by atoms with Gasteiger partial charge in [-0.15, -0.1) is 0 Å². The second-order valence-electron chi connectivity index (χ2n) is 3.61. The van der Waals surface area contributed by atoms with Gasteiger partial charge in [0.2, 0.25) is 0 Å². The van der Waals surface area contributed by atoms with Crippen LogP contribution < -0.4 is 11.3 Å². The van der Waals surface area contributed by atoms with Crippen molar-refractivity contribution in [3.8, 4) is 0 Å². The zero-order valence-electron chi connectivity index (χ0n) is 8.95. The predicted octanol–water partition coefficient (Wildman–Crippen LogP) is 1.43. The van der Waals surface area contributed by atoms with Gasteiger partial charge in [-0.3, -0.25) is 5.84 Å². The third kappa shape index (κ3) is 2.48. The van der Waals surface area contributed by atoms with E-state index in [0.717, 1.165) is 6.07 Å². The quantitative estimate of drug-likeness (QED) is 0.557. The van der Waals surface area contributed by atoms with Gasteiger partial charge in [0.25, 0.3) is 0 Å². The summed E-state index contributed by atoms with van der Waals surface area (Å²) in [4.78, 5) is 6.89. The number of H-pyrrole nitrogens is 1. The molecule has 1 heterocycles. The zero-order chi connectivity index (χ0) is 12.3. The molecule has 4 nitrogen and oxygen atoms in total. The lowest BCUT2D eigenvalue weighted by molar-refractivity contribution is 0.475. The topological polar surface area (TPSA) is 66.7 Å². The fourth-order valence-corrected chi connectivity index (χ4v) is 1.63. The first-order valence-electron chi connectivity index (χ1n) is 5.10. The summed E-state index contributed by atoms with van der Waals surface area (Å²) in [6.45, 7) is 0. The molecule has 0 saturated carbocycles. The molecule has 2 aromatic rings. The lowest BCUT2D eigenvalue weighted by Crippen LogP contribution is -2.30. The molecule has 1 unspecified atom stereocenters. The summed E-state index contributed by atoms with van der Waals surface area (Å²) in [5.41, 5.74) is 2.77. The molecule has 0 aliphatic rings. The van der Waals surface area contributed by atoms with E-state index >= 15 is 0 Å². The highest BCUT2D eigenvalue weighted by atomic mass is 19.2. The monoisotopic (exact) mass is 238 g/mol. The lowest BCUT2D eigenvalue weighted by Gasteiger charge is -2.13. The van der Waals surface area contributed by atoms with Crippen LogP contribution in [0.3, 0.4) is 0 Å². The van der Waals surface area contributed by atoms with E-state index < -0.39 is 11.6 Å². The molecule has 0 spiro atoms. The number of rotatable bonds is 4. The average Bonchev–Trinajstić information content (AvgIpc) is 2.85. The van der Waals surface area contributed by atoms with Gasteiger partial charge in [0.1, 0.15) is 5.82 Å². The van der Waals surface area contributed by atoms with E-state index in [0.29, 0.717) is 5.82 Å². The summed E-state index contributed by atoms with van der Waals surface area (Å²) in [6, 6.07) is 3.67. The Labute approximate surface area is 96.8 Å². The van der Waals surface area contributed by atoms with Crippen LogP contribution in [0.25, 0.3) is 0 Å².